The molecule has 1 N–H and O–H groups in total. The summed E-state index contributed by atoms with van der Waals surface area (Å²) in [5.41, 5.74) is 3.18. The van der Waals surface area contributed by atoms with Crippen molar-refractivity contribution in [3.05, 3.63) is 109 Å². The van der Waals surface area contributed by atoms with Crippen LogP contribution >= 0.6 is 0 Å². The van der Waals surface area contributed by atoms with Crippen molar-refractivity contribution in [1.82, 2.24) is 9.13 Å². The molecular formula is C27H29N3O4. The summed E-state index contributed by atoms with van der Waals surface area (Å²) in [5.74, 6) is -0.446. The number of nitrogens with zero attached hydrogens (tertiary/aromatic N) is 2. The van der Waals surface area contributed by atoms with Gasteiger partial charge in [-0.05, 0) is 29.5 Å². The molecule has 0 fully saturated rings. The summed E-state index contributed by atoms with van der Waals surface area (Å²) in [5, 5.41) is 3.12. The Kier molecular flexibility index (Phi) is 6.28. The first-order valence-corrected chi connectivity index (χ1v) is 11.3. The van der Waals surface area contributed by atoms with Crippen LogP contribution in [0.1, 0.15) is 54.9 Å². The van der Waals surface area contributed by atoms with Crippen molar-refractivity contribution in [3.63, 3.8) is 0 Å². The number of fused-ring (bicyclic) bond motifs is 1. The van der Waals surface area contributed by atoms with Crippen LogP contribution in [0.4, 0.5) is 5.82 Å². The number of hydrogen-bond acceptors (Lipinski definition) is 5. The summed E-state index contributed by atoms with van der Waals surface area (Å²) in [6.07, 6.45) is 0. The first-order valence-electron chi connectivity index (χ1n) is 11.3. The number of aromatic nitrogens is 2. The van der Waals surface area contributed by atoms with Crippen molar-refractivity contribution >= 4 is 11.8 Å². The monoisotopic (exact) mass is 459 g/mol. The maximum atomic E-state index is 13.4. The molecule has 0 amide bonds. The van der Waals surface area contributed by atoms with Crippen LogP contribution in [0, 0.1) is 0 Å². The molecule has 1 aromatic heterocycles. The number of hydrogen-bond donors (Lipinski definition) is 1. The zero-order chi connectivity index (χ0) is 24.6. The summed E-state index contributed by atoms with van der Waals surface area (Å²) in [7, 11) is 3.06. The molecule has 0 spiro atoms. The summed E-state index contributed by atoms with van der Waals surface area (Å²) < 4.78 is 8.15. The molecule has 2 aromatic carbocycles. The average Bonchev–Trinajstić information content (AvgIpc) is 2.84. The van der Waals surface area contributed by atoms with Crippen molar-refractivity contribution < 1.29 is 9.53 Å². The molecule has 7 nitrogen and oxygen atoms in total. The number of carbonyl (C=O) groups excluding carboxylic acids is 1. The summed E-state index contributed by atoms with van der Waals surface area (Å²) >= 11 is 0. The van der Waals surface area contributed by atoms with Gasteiger partial charge in [-0.15, -0.1) is 0 Å². The fourth-order valence-corrected chi connectivity index (χ4v) is 4.37. The van der Waals surface area contributed by atoms with Crippen LogP contribution in [0.25, 0.3) is 0 Å². The Labute approximate surface area is 198 Å². The Hall–Kier alpha value is -3.87. The van der Waals surface area contributed by atoms with Gasteiger partial charge in [0.25, 0.3) is 5.56 Å². The van der Waals surface area contributed by atoms with Crippen molar-refractivity contribution in [2.24, 2.45) is 14.1 Å². The number of anilines is 1. The van der Waals surface area contributed by atoms with Gasteiger partial charge in [-0.25, -0.2) is 9.59 Å². The van der Waals surface area contributed by atoms with Crippen molar-refractivity contribution in [1.29, 1.82) is 0 Å². The third kappa shape index (κ3) is 4.09. The minimum atomic E-state index is -0.675. The van der Waals surface area contributed by atoms with E-state index < -0.39 is 23.1 Å². The molecule has 176 valence electrons. The smallest absolute Gasteiger partial charge is 0.337 e. The summed E-state index contributed by atoms with van der Waals surface area (Å²) in [6, 6.07) is 17.3. The summed E-state index contributed by atoms with van der Waals surface area (Å²) in [6.45, 7) is 6.10. The van der Waals surface area contributed by atoms with Gasteiger partial charge in [-0.3, -0.25) is 13.9 Å². The number of rotatable bonds is 5. The van der Waals surface area contributed by atoms with E-state index in [-0.39, 0.29) is 6.61 Å². The van der Waals surface area contributed by atoms with Gasteiger partial charge in [0.05, 0.1) is 17.1 Å². The van der Waals surface area contributed by atoms with E-state index in [0.717, 1.165) is 21.3 Å². The fraction of sp³-hybridized carbons (Fsp3) is 0.296. The zero-order valence-corrected chi connectivity index (χ0v) is 20.1. The van der Waals surface area contributed by atoms with E-state index in [1.54, 1.807) is 14.0 Å². The van der Waals surface area contributed by atoms with Gasteiger partial charge in [0, 0.05) is 19.8 Å². The van der Waals surface area contributed by atoms with E-state index in [2.05, 4.69) is 19.2 Å². The van der Waals surface area contributed by atoms with Gasteiger partial charge in [0.15, 0.2) is 0 Å². The largest absolute Gasteiger partial charge is 0.457 e. The molecule has 3 aromatic rings. The standard InChI is InChI=1S/C27H29N3O4/c1-16(2)19-11-13-20(14-12-19)22-21(26(32)34-15-18-9-7-6-8-10-18)17(3)28-24-23(22)25(31)30(5)27(33)29(24)4/h6-14,16,22,28H,15H2,1-5H3. The van der Waals surface area contributed by atoms with Gasteiger partial charge in [-0.1, -0.05) is 68.4 Å². The molecule has 0 aliphatic carbocycles. The maximum absolute atomic E-state index is 13.4. The highest BCUT2D eigenvalue weighted by atomic mass is 16.5. The van der Waals surface area contributed by atoms with Crippen LogP contribution in [0.3, 0.4) is 0 Å². The number of carbonyl (C=O) groups is 1. The molecule has 1 unspecified atom stereocenters. The molecular weight excluding hydrogens is 430 g/mol. The lowest BCUT2D eigenvalue weighted by Crippen LogP contribution is -2.43. The third-order valence-corrected chi connectivity index (χ3v) is 6.36. The molecule has 1 aliphatic rings. The van der Waals surface area contributed by atoms with Gasteiger partial charge < -0.3 is 10.1 Å². The van der Waals surface area contributed by atoms with Gasteiger partial charge in [0.1, 0.15) is 12.4 Å². The lowest BCUT2D eigenvalue weighted by atomic mass is 9.81. The van der Waals surface area contributed by atoms with E-state index in [1.165, 1.54) is 11.6 Å². The normalized spacial score (nSPS) is 15.2. The second-order valence-electron chi connectivity index (χ2n) is 8.95. The van der Waals surface area contributed by atoms with Crippen LogP contribution in [0.15, 0.2) is 75.5 Å². The highest BCUT2D eigenvalue weighted by Crippen LogP contribution is 2.40. The minimum absolute atomic E-state index is 0.119. The van der Waals surface area contributed by atoms with Crippen LogP contribution in [0.2, 0.25) is 0 Å². The van der Waals surface area contributed by atoms with E-state index in [4.69, 9.17) is 4.74 Å². The molecule has 7 heteroatoms. The predicted octanol–water partition coefficient (Wildman–Crippen LogP) is 3.78. The highest BCUT2D eigenvalue weighted by molar-refractivity contribution is 5.94. The van der Waals surface area contributed by atoms with Gasteiger partial charge >= 0.3 is 11.7 Å². The van der Waals surface area contributed by atoms with E-state index in [9.17, 15) is 14.4 Å². The molecule has 2 heterocycles. The SMILES string of the molecule is CC1=C(C(=O)OCc2ccccc2)C(c2ccc(C(C)C)cc2)c2c(n(C)c(=O)n(C)c2=O)N1. The van der Waals surface area contributed by atoms with Gasteiger partial charge in [-0.2, -0.15) is 0 Å². The first kappa shape index (κ1) is 23.3. The molecule has 0 saturated heterocycles. The van der Waals surface area contributed by atoms with E-state index in [0.29, 0.717) is 28.6 Å². The van der Waals surface area contributed by atoms with Crippen molar-refractivity contribution in [2.75, 3.05) is 5.32 Å². The second-order valence-corrected chi connectivity index (χ2v) is 8.95. The molecule has 4 rings (SSSR count). The minimum Gasteiger partial charge on any atom is -0.457 e. The number of nitrogens with one attached hydrogen (secondary N) is 1. The van der Waals surface area contributed by atoms with Crippen LogP contribution in [-0.2, 0) is 30.2 Å². The highest BCUT2D eigenvalue weighted by Gasteiger charge is 2.37. The number of allylic oxidation sites excluding steroid dienone is 1. The zero-order valence-electron chi connectivity index (χ0n) is 20.1. The van der Waals surface area contributed by atoms with Crippen LogP contribution in [0.5, 0.6) is 0 Å². The molecule has 1 aliphatic heterocycles. The molecule has 0 bridgehead atoms. The Balaban J connectivity index is 1.85. The molecule has 1 atom stereocenters. The maximum Gasteiger partial charge on any atom is 0.337 e. The average molecular weight is 460 g/mol. The van der Waals surface area contributed by atoms with Crippen LogP contribution < -0.4 is 16.6 Å². The molecule has 0 saturated carbocycles. The number of esters is 1. The Morgan fingerprint density at radius 3 is 2.26 bits per heavy atom. The molecule has 34 heavy (non-hydrogen) atoms. The lowest BCUT2D eigenvalue weighted by Gasteiger charge is -2.31. The first-order chi connectivity index (χ1) is 16.2. The van der Waals surface area contributed by atoms with Crippen molar-refractivity contribution in [2.45, 2.75) is 39.2 Å². The second kappa shape index (κ2) is 9.17. The lowest BCUT2D eigenvalue weighted by molar-refractivity contribution is -0.140. The van der Waals surface area contributed by atoms with Crippen molar-refractivity contribution in [3.8, 4) is 0 Å². The Morgan fingerprint density at radius 2 is 1.65 bits per heavy atom. The van der Waals surface area contributed by atoms with Crippen LogP contribution in [-0.4, -0.2) is 15.1 Å². The number of benzene rings is 2. The summed E-state index contributed by atoms with van der Waals surface area (Å²) in [4.78, 5) is 39.3. The number of ether oxygens (including phenoxy) is 1. The van der Waals surface area contributed by atoms with Gasteiger partial charge in [0.2, 0.25) is 0 Å². The Morgan fingerprint density at radius 1 is 1.00 bits per heavy atom. The third-order valence-electron chi connectivity index (χ3n) is 6.36. The van der Waals surface area contributed by atoms with E-state index in [1.807, 2.05) is 54.6 Å². The predicted molar refractivity (Wildman–Crippen MR) is 132 cm³/mol. The molecule has 0 radical (unpaired) electrons. The fourth-order valence-electron chi connectivity index (χ4n) is 4.37. The topological polar surface area (TPSA) is 82.3 Å². The van der Waals surface area contributed by atoms with E-state index >= 15 is 0 Å². The quantitative estimate of drug-likeness (QED) is 0.587. The Bertz CT molecular complexity index is 1380.